The number of ketones is 1. The van der Waals surface area contributed by atoms with E-state index in [1.807, 2.05) is 12.1 Å². The van der Waals surface area contributed by atoms with E-state index in [-0.39, 0.29) is 5.41 Å². The molecule has 0 aliphatic heterocycles. The van der Waals surface area contributed by atoms with Crippen LogP contribution in [0, 0.1) is 11.3 Å². The zero-order valence-corrected chi connectivity index (χ0v) is 10.6. The molecule has 0 N–H and O–H groups in total. The lowest BCUT2D eigenvalue weighted by Crippen LogP contribution is -2.26. The molecule has 86 valence electrons. The Morgan fingerprint density at radius 2 is 1.94 bits per heavy atom. The van der Waals surface area contributed by atoms with Crippen molar-refractivity contribution >= 4 is 17.4 Å². The van der Waals surface area contributed by atoms with E-state index >= 15 is 0 Å². The van der Waals surface area contributed by atoms with Crippen molar-refractivity contribution in [2.45, 2.75) is 33.1 Å². The Hall–Kier alpha value is -0.820. The molecular formula is C14H17ClO. The molecule has 2 rings (SSSR count). The van der Waals surface area contributed by atoms with E-state index in [1.165, 1.54) is 5.56 Å². The molecule has 0 aromatic heterocycles. The van der Waals surface area contributed by atoms with Crippen LogP contribution >= 0.6 is 11.6 Å². The van der Waals surface area contributed by atoms with Crippen LogP contribution in [0.4, 0.5) is 0 Å². The number of halogens is 1. The van der Waals surface area contributed by atoms with Gasteiger partial charge in [-0.1, -0.05) is 37.6 Å². The number of carbonyl (C=O) groups is 1. The summed E-state index contributed by atoms with van der Waals surface area (Å²) in [4.78, 5) is 11.7. The van der Waals surface area contributed by atoms with Crippen LogP contribution in [0.5, 0.6) is 0 Å². The van der Waals surface area contributed by atoms with E-state index in [0.717, 1.165) is 24.3 Å². The normalized spacial score (nSPS) is 23.7. The fraction of sp³-hybridized carbons (Fsp3) is 0.500. The second-order valence-corrected chi connectivity index (χ2v) is 5.65. The van der Waals surface area contributed by atoms with E-state index in [1.54, 1.807) is 0 Å². The Morgan fingerprint density at radius 3 is 2.44 bits per heavy atom. The van der Waals surface area contributed by atoms with Crippen LogP contribution in [-0.4, -0.2) is 5.78 Å². The van der Waals surface area contributed by atoms with Gasteiger partial charge in [0.05, 0.1) is 0 Å². The molecule has 2 heteroatoms. The van der Waals surface area contributed by atoms with Crippen LogP contribution in [0.15, 0.2) is 24.3 Å². The first-order chi connectivity index (χ1) is 7.50. The first kappa shape index (κ1) is 11.7. The molecule has 0 bridgehead atoms. The highest BCUT2D eigenvalue weighted by atomic mass is 35.5. The van der Waals surface area contributed by atoms with Crippen LogP contribution in [-0.2, 0) is 11.2 Å². The van der Waals surface area contributed by atoms with Gasteiger partial charge in [-0.05, 0) is 36.5 Å². The van der Waals surface area contributed by atoms with E-state index in [9.17, 15) is 4.79 Å². The quantitative estimate of drug-likeness (QED) is 0.762. The average Bonchev–Trinajstić information content (AvgIpc) is 2.48. The molecule has 1 aromatic carbocycles. The van der Waals surface area contributed by atoms with Gasteiger partial charge in [0.15, 0.2) is 0 Å². The first-order valence-electron chi connectivity index (χ1n) is 5.78. The summed E-state index contributed by atoms with van der Waals surface area (Å²) in [5.74, 6) is 0.882. The van der Waals surface area contributed by atoms with Gasteiger partial charge in [0, 0.05) is 16.9 Å². The highest BCUT2D eigenvalue weighted by Gasteiger charge is 2.41. The molecule has 0 saturated heterocycles. The number of rotatable bonds is 2. The molecule has 1 unspecified atom stereocenters. The van der Waals surface area contributed by atoms with Gasteiger partial charge in [-0.25, -0.2) is 0 Å². The SMILES string of the molecule is CC1(C)C(=O)CCC1Cc1ccc(Cl)cc1. The lowest BCUT2D eigenvalue weighted by molar-refractivity contribution is -0.125. The van der Waals surface area contributed by atoms with Gasteiger partial charge in [0.2, 0.25) is 0 Å². The van der Waals surface area contributed by atoms with Crippen LogP contribution in [0.3, 0.4) is 0 Å². The van der Waals surface area contributed by atoms with Crippen molar-refractivity contribution in [3.05, 3.63) is 34.9 Å². The summed E-state index contributed by atoms with van der Waals surface area (Å²) in [6.07, 6.45) is 2.75. The summed E-state index contributed by atoms with van der Waals surface area (Å²) in [6, 6.07) is 7.95. The monoisotopic (exact) mass is 236 g/mol. The van der Waals surface area contributed by atoms with Crippen molar-refractivity contribution in [2.24, 2.45) is 11.3 Å². The molecule has 0 spiro atoms. The van der Waals surface area contributed by atoms with Crippen LogP contribution in [0.2, 0.25) is 5.02 Å². The zero-order chi connectivity index (χ0) is 11.8. The Bertz CT molecular complexity index is 392. The predicted molar refractivity (Wildman–Crippen MR) is 66.7 cm³/mol. The Kier molecular flexibility index (Phi) is 3.07. The zero-order valence-electron chi connectivity index (χ0n) is 9.79. The third-order valence-corrected chi connectivity index (χ3v) is 4.11. The van der Waals surface area contributed by atoms with Gasteiger partial charge in [-0.3, -0.25) is 4.79 Å². The summed E-state index contributed by atoms with van der Waals surface area (Å²) in [7, 11) is 0. The number of benzene rings is 1. The molecule has 1 aliphatic rings. The molecule has 1 fully saturated rings. The lowest BCUT2D eigenvalue weighted by Gasteiger charge is -2.25. The number of hydrogen-bond acceptors (Lipinski definition) is 1. The summed E-state index contributed by atoms with van der Waals surface area (Å²) in [6.45, 7) is 4.14. The second kappa shape index (κ2) is 4.21. The molecule has 16 heavy (non-hydrogen) atoms. The highest BCUT2D eigenvalue weighted by molar-refractivity contribution is 6.30. The smallest absolute Gasteiger partial charge is 0.138 e. The topological polar surface area (TPSA) is 17.1 Å². The Morgan fingerprint density at radius 1 is 1.31 bits per heavy atom. The fourth-order valence-electron chi connectivity index (χ4n) is 2.48. The van der Waals surface area contributed by atoms with Gasteiger partial charge >= 0.3 is 0 Å². The summed E-state index contributed by atoms with van der Waals surface area (Å²) >= 11 is 5.85. The molecule has 1 atom stereocenters. The maximum absolute atomic E-state index is 11.7. The molecule has 1 aliphatic carbocycles. The predicted octanol–water partition coefficient (Wildman–Crippen LogP) is 3.89. The van der Waals surface area contributed by atoms with E-state index < -0.39 is 0 Å². The van der Waals surface area contributed by atoms with E-state index in [2.05, 4.69) is 26.0 Å². The average molecular weight is 237 g/mol. The van der Waals surface area contributed by atoms with Crippen molar-refractivity contribution in [3.63, 3.8) is 0 Å². The number of Topliss-reactive ketones (excluding diaryl/α,β-unsaturated/α-hetero) is 1. The molecular weight excluding hydrogens is 220 g/mol. The van der Waals surface area contributed by atoms with Crippen molar-refractivity contribution in [2.75, 3.05) is 0 Å². The van der Waals surface area contributed by atoms with E-state index in [0.29, 0.717) is 11.7 Å². The van der Waals surface area contributed by atoms with E-state index in [4.69, 9.17) is 11.6 Å². The summed E-state index contributed by atoms with van der Waals surface area (Å²) in [5, 5.41) is 0.769. The Labute approximate surface area is 102 Å². The first-order valence-corrected chi connectivity index (χ1v) is 6.15. The van der Waals surface area contributed by atoms with Gasteiger partial charge < -0.3 is 0 Å². The standard InChI is InChI=1S/C14H17ClO/c1-14(2)11(5-8-13(14)16)9-10-3-6-12(15)7-4-10/h3-4,6-7,11H,5,8-9H2,1-2H3. The van der Waals surface area contributed by atoms with Crippen LogP contribution < -0.4 is 0 Å². The lowest BCUT2D eigenvalue weighted by atomic mass is 9.78. The molecule has 1 aromatic rings. The maximum atomic E-state index is 11.7. The second-order valence-electron chi connectivity index (χ2n) is 5.21. The molecule has 1 saturated carbocycles. The van der Waals surface area contributed by atoms with Crippen molar-refractivity contribution < 1.29 is 4.79 Å². The third-order valence-electron chi connectivity index (χ3n) is 3.85. The third kappa shape index (κ3) is 2.15. The molecule has 0 radical (unpaired) electrons. The number of hydrogen-bond donors (Lipinski definition) is 0. The largest absolute Gasteiger partial charge is 0.299 e. The Balaban J connectivity index is 2.11. The molecule has 0 heterocycles. The minimum Gasteiger partial charge on any atom is -0.299 e. The minimum atomic E-state index is -0.153. The summed E-state index contributed by atoms with van der Waals surface area (Å²) < 4.78 is 0. The summed E-state index contributed by atoms with van der Waals surface area (Å²) in [5.41, 5.74) is 1.12. The van der Waals surface area contributed by atoms with Gasteiger partial charge in [0.1, 0.15) is 5.78 Å². The van der Waals surface area contributed by atoms with Crippen LogP contribution in [0.1, 0.15) is 32.3 Å². The number of carbonyl (C=O) groups excluding carboxylic acids is 1. The van der Waals surface area contributed by atoms with Gasteiger partial charge in [0.25, 0.3) is 0 Å². The molecule has 0 amide bonds. The maximum Gasteiger partial charge on any atom is 0.138 e. The van der Waals surface area contributed by atoms with Gasteiger partial charge in [-0.2, -0.15) is 0 Å². The van der Waals surface area contributed by atoms with Gasteiger partial charge in [-0.15, -0.1) is 0 Å². The fourth-order valence-corrected chi connectivity index (χ4v) is 2.60. The van der Waals surface area contributed by atoms with Crippen molar-refractivity contribution in [1.82, 2.24) is 0 Å². The van der Waals surface area contributed by atoms with Crippen LogP contribution in [0.25, 0.3) is 0 Å². The van der Waals surface area contributed by atoms with Crippen molar-refractivity contribution in [3.8, 4) is 0 Å². The minimum absolute atomic E-state index is 0.153. The highest BCUT2D eigenvalue weighted by Crippen LogP contribution is 2.41. The van der Waals surface area contributed by atoms with Crippen molar-refractivity contribution in [1.29, 1.82) is 0 Å². The molecule has 1 nitrogen and oxygen atoms in total.